The number of hydrogen-bond acceptors (Lipinski definition) is 2. The Kier molecular flexibility index (Phi) is 4.89. The van der Waals surface area contributed by atoms with Crippen LogP contribution in [-0.4, -0.2) is 40.6 Å². The van der Waals surface area contributed by atoms with Crippen molar-refractivity contribution < 1.29 is 14.7 Å². The molecular formula is C15H26N2O3. The number of urea groups is 1. The second-order valence-electron chi connectivity index (χ2n) is 6.42. The number of nitrogens with one attached hydrogen (secondary N) is 1. The van der Waals surface area contributed by atoms with Gasteiger partial charge in [-0.2, -0.15) is 0 Å². The van der Waals surface area contributed by atoms with Crippen LogP contribution in [0, 0.1) is 5.92 Å². The monoisotopic (exact) mass is 282 g/mol. The van der Waals surface area contributed by atoms with Crippen molar-refractivity contribution in [1.29, 1.82) is 0 Å². The van der Waals surface area contributed by atoms with E-state index in [1.807, 2.05) is 0 Å². The molecule has 1 saturated carbocycles. The first-order valence-electron chi connectivity index (χ1n) is 7.84. The highest BCUT2D eigenvalue weighted by Crippen LogP contribution is 2.32. The first-order chi connectivity index (χ1) is 9.53. The third kappa shape index (κ3) is 3.44. The van der Waals surface area contributed by atoms with Gasteiger partial charge in [-0.3, -0.25) is 0 Å². The molecule has 0 spiro atoms. The summed E-state index contributed by atoms with van der Waals surface area (Å²) in [5.74, 6) is -0.531. The van der Waals surface area contributed by atoms with Crippen LogP contribution in [0.2, 0.25) is 0 Å². The van der Waals surface area contributed by atoms with Gasteiger partial charge in [-0.25, -0.2) is 9.59 Å². The van der Waals surface area contributed by atoms with E-state index in [-0.39, 0.29) is 6.03 Å². The Labute approximate surface area is 120 Å². The highest BCUT2D eigenvalue weighted by molar-refractivity contribution is 5.86. The predicted octanol–water partition coefficient (Wildman–Crippen LogP) is 2.61. The van der Waals surface area contributed by atoms with E-state index in [1.165, 1.54) is 0 Å². The molecule has 1 aliphatic carbocycles. The van der Waals surface area contributed by atoms with Crippen molar-refractivity contribution in [3.63, 3.8) is 0 Å². The molecular weight excluding hydrogens is 256 g/mol. The lowest BCUT2D eigenvalue weighted by Crippen LogP contribution is -2.59. The molecule has 2 rings (SSSR count). The normalized spacial score (nSPS) is 31.4. The molecule has 0 aromatic heterocycles. The van der Waals surface area contributed by atoms with E-state index in [1.54, 1.807) is 4.90 Å². The minimum absolute atomic E-state index is 0.191. The van der Waals surface area contributed by atoms with Gasteiger partial charge in [0.1, 0.15) is 5.54 Å². The Hall–Kier alpha value is -1.26. The van der Waals surface area contributed by atoms with Gasteiger partial charge in [0, 0.05) is 13.1 Å². The van der Waals surface area contributed by atoms with Crippen molar-refractivity contribution in [2.75, 3.05) is 13.1 Å². The smallest absolute Gasteiger partial charge is 0.329 e. The predicted molar refractivity (Wildman–Crippen MR) is 76.6 cm³/mol. The molecule has 0 bridgehead atoms. The summed E-state index contributed by atoms with van der Waals surface area (Å²) in [6.45, 7) is 3.56. The first kappa shape index (κ1) is 15.1. The van der Waals surface area contributed by atoms with Crippen molar-refractivity contribution in [2.24, 2.45) is 5.92 Å². The standard InChI is InChI=1S/C15H26N2O3/c1-12-7-6-8-15(11-12,13(18)19)16-14(20)17-9-4-2-3-5-10-17/h12H,2-11H2,1H3,(H,16,20)(H,18,19). The number of hydrogen-bond donors (Lipinski definition) is 2. The molecule has 2 aliphatic rings. The third-order valence-corrected chi connectivity index (χ3v) is 4.65. The Balaban J connectivity index is 2.03. The molecule has 1 heterocycles. The molecule has 2 N–H and O–H groups in total. The van der Waals surface area contributed by atoms with Gasteiger partial charge in [0.05, 0.1) is 0 Å². The van der Waals surface area contributed by atoms with Crippen LogP contribution in [-0.2, 0) is 4.79 Å². The number of rotatable bonds is 2. The Morgan fingerprint density at radius 3 is 2.35 bits per heavy atom. The van der Waals surface area contributed by atoms with E-state index in [2.05, 4.69) is 12.2 Å². The number of aliphatic carboxylic acids is 1. The van der Waals surface area contributed by atoms with Gasteiger partial charge in [0.25, 0.3) is 0 Å². The van der Waals surface area contributed by atoms with Gasteiger partial charge in [0.2, 0.25) is 0 Å². The average Bonchev–Trinajstić information content (AvgIpc) is 2.67. The summed E-state index contributed by atoms with van der Waals surface area (Å²) < 4.78 is 0. The van der Waals surface area contributed by atoms with Crippen LogP contribution in [0.15, 0.2) is 0 Å². The molecule has 2 fully saturated rings. The van der Waals surface area contributed by atoms with Gasteiger partial charge in [-0.1, -0.05) is 32.6 Å². The van der Waals surface area contributed by atoms with Gasteiger partial charge in [-0.15, -0.1) is 0 Å². The Morgan fingerprint density at radius 1 is 1.15 bits per heavy atom. The van der Waals surface area contributed by atoms with E-state index in [4.69, 9.17) is 0 Å². The number of carbonyl (C=O) groups is 2. The molecule has 5 heteroatoms. The van der Waals surface area contributed by atoms with E-state index < -0.39 is 11.5 Å². The summed E-state index contributed by atoms with van der Waals surface area (Å²) in [5.41, 5.74) is -1.05. The fraction of sp³-hybridized carbons (Fsp3) is 0.867. The molecule has 0 radical (unpaired) electrons. The van der Waals surface area contributed by atoms with Crippen LogP contribution in [0.1, 0.15) is 58.3 Å². The molecule has 1 aliphatic heterocycles. The number of amides is 2. The van der Waals surface area contributed by atoms with Crippen LogP contribution in [0.4, 0.5) is 4.79 Å². The lowest BCUT2D eigenvalue weighted by Gasteiger charge is -2.38. The molecule has 1 saturated heterocycles. The zero-order valence-corrected chi connectivity index (χ0v) is 12.4. The van der Waals surface area contributed by atoms with E-state index in [0.29, 0.717) is 18.8 Å². The molecule has 0 aromatic carbocycles. The molecule has 114 valence electrons. The minimum Gasteiger partial charge on any atom is -0.480 e. The molecule has 2 unspecified atom stereocenters. The lowest BCUT2D eigenvalue weighted by atomic mass is 9.76. The maximum absolute atomic E-state index is 12.4. The maximum Gasteiger partial charge on any atom is 0.329 e. The summed E-state index contributed by atoms with van der Waals surface area (Å²) in [6, 6.07) is -0.191. The number of carboxylic acids is 1. The fourth-order valence-corrected chi connectivity index (χ4v) is 3.47. The fourth-order valence-electron chi connectivity index (χ4n) is 3.47. The van der Waals surface area contributed by atoms with Crippen LogP contribution in [0.5, 0.6) is 0 Å². The highest BCUT2D eigenvalue weighted by Gasteiger charge is 2.43. The minimum atomic E-state index is -1.05. The summed E-state index contributed by atoms with van der Waals surface area (Å²) >= 11 is 0. The maximum atomic E-state index is 12.4. The molecule has 5 nitrogen and oxygen atoms in total. The zero-order valence-electron chi connectivity index (χ0n) is 12.4. The number of likely N-dealkylation sites (tertiary alicyclic amines) is 1. The van der Waals surface area contributed by atoms with Gasteiger partial charge >= 0.3 is 12.0 Å². The van der Waals surface area contributed by atoms with Crippen molar-refractivity contribution in [2.45, 2.75) is 63.8 Å². The molecule has 0 aromatic rings. The zero-order chi connectivity index (χ0) is 14.6. The topological polar surface area (TPSA) is 69.6 Å². The molecule has 20 heavy (non-hydrogen) atoms. The molecule has 2 amide bonds. The number of nitrogens with zero attached hydrogens (tertiary/aromatic N) is 1. The van der Waals surface area contributed by atoms with E-state index in [9.17, 15) is 14.7 Å². The van der Waals surface area contributed by atoms with Gasteiger partial charge in [-0.05, 0) is 31.6 Å². The van der Waals surface area contributed by atoms with E-state index in [0.717, 1.165) is 51.6 Å². The van der Waals surface area contributed by atoms with Crippen molar-refractivity contribution >= 4 is 12.0 Å². The Bertz CT molecular complexity index is 364. The number of carbonyl (C=O) groups excluding carboxylic acids is 1. The third-order valence-electron chi connectivity index (χ3n) is 4.65. The largest absolute Gasteiger partial charge is 0.480 e. The van der Waals surface area contributed by atoms with Crippen molar-refractivity contribution in [3.05, 3.63) is 0 Å². The Morgan fingerprint density at radius 2 is 1.80 bits per heavy atom. The van der Waals surface area contributed by atoms with Crippen LogP contribution < -0.4 is 5.32 Å². The lowest BCUT2D eigenvalue weighted by molar-refractivity contribution is -0.146. The van der Waals surface area contributed by atoms with Crippen LogP contribution >= 0.6 is 0 Å². The molecule has 2 atom stereocenters. The van der Waals surface area contributed by atoms with Gasteiger partial charge < -0.3 is 15.3 Å². The average molecular weight is 282 g/mol. The van der Waals surface area contributed by atoms with Crippen LogP contribution in [0.25, 0.3) is 0 Å². The van der Waals surface area contributed by atoms with Crippen LogP contribution in [0.3, 0.4) is 0 Å². The summed E-state index contributed by atoms with van der Waals surface area (Å²) in [6.07, 6.45) is 7.36. The second-order valence-corrected chi connectivity index (χ2v) is 6.42. The van der Waals surface area contributed by atoms with Gasteiger partial charge in [0.15, 0.2) is 0 Å². The first-order valence-corrected chi connectivity index (χ1v) is 7.84. The number of carboxylic acid groups (broad SMARTS) is 1. The second kappa shape index (κ2) is 6.46. The SMILES string of the molecule is CC1CCCC(NC(=O)N2CCCCCC2)(C(=O)O)C1. The quantitative estimate of drug-likeness (QED) is 0.818. The van der Waals surface area contributed by atoms with Crippen molar-refractivity contribution in [1.82, 2.24) is 10.2 Å². The highest BCUT2D eigenvalue weighted by atomic mass is 16.4. The van der Waals surface area contributed by atoms with Crippen molar-refractivity contribution in [3.8, 4) is 0 Å². The van der Waals surface area contributed by atoms with E-state index >= 15 is 0 Å². The summed E-state index contributed by atoms with van der Waals surface area (Å²) in [7, 11) is 0. The summed E-state index contributed by atoms with van der Waals surface area (Å²) in [4.78, 5) is 25.9. The summed E-state index contributed by atoms with van der Waals surface area (Å²) in [5, 5.41) is 12.4.